The number of benzene rings is 1. The van der Waals surface area contributed by atoms with Crippen LogP contribution in [-0.2, 0) is 9.59 Å². The maximum Gasteiger partial charge on any atom is 0.341 e. The van der Waals surface area contributed by atoms with E-state index in [0.717, 1.165) is 5.56 Å². The molecule has 84 valence electrons. The average molecular weight is 221 g/mol. The molecule has 0 unspecified atom stereocenters. The van der Waals surface area contributed by atoms with E-state index < -0.39 is 11.9 Å². The Morgan fingerprint density at radius 2 is 1.94 bits per heavy atom. The number of carboxylic acid groups (broad SMARTS) is 1. The first-order valence-electron chi connectivity index (χ1n) is 4.50. The molecule has 16 heavy (non-hydrogen) atoms. The third-order valence-corrected chi connectivity index (χ3v) is 1.68. The molecule has 3 N–H and O–H groups in total. The molecule has 0 aromatic heterocycles. The Hall–Kier alpha value is -2.30. The molecule has 0 aliphatic heterocycles. The monoisotopic (exact) mass is 221 g/mol. The van der Waals surface area contributed by atoms with Crippen LogP contribution in [-0.4, -0.2) is 23.6 Å². The highest BCUT2D eigenvalue weighted by molar-refractivity contribution is 5.90. The molecule has 0 aliphatic rings. The van der Waals surface area contributed by atoms with Crippen molar-refractivity contribution in [3.8, 4) is 5.75 Å². The molecule has 5 heteroatoms. The minimum atomic E-state index is -1.03. The van der Waals surface area contributed by atoms with Crippen LogP contribution in [0.15, 0.2) is 30.3 Å². The topological polar surface area (TPSA) is 89.6 Å². The van der Waals surface area contributed by atoms with Crippen molar-refractivity contribution in [2.75, 3.05) is 6.61 Å². The van der Waals surface area contributed by atoms with E-state index in [1.807, 2.05) is 0 Å². The molecule has 0 heterocycles. The van der Waals surface area contributed by atoms with Crippen molar-refractivity contribution in [2.45, 2.75) is 0 Å². The molecule has 0 saturated heterocycles. The van der Waals surface area contributed by atoms with Gasteiger partial charge in [-0.1, -0.05) is 12.1 Å². The van der Waals surface area contributed by atoms with E-state index in [2.05, 4.69) is 0 Å². The summed E-state index contributed by atoms with van der Waals surface area (Å²) in [5.41, 5.74) is 5.71. The standard InChI is InChI=1S/C11H11NO4/c12-10(13)6-3-8-1-4-9(5-2-8)16-7-11(14)15/h1-6H,7H2,(H2,12,13)(H,14,15). The van der Waals surface area contributed by atoms with Gasteiger partial charge in [0.25, 0.3) is 0 Å². The first-order valence-corrected chi connectivity index (χ1v) is 4.50. The zero-order valence-electron chi connectivity index (χ0n) is 8.42. The number of hydrogen-bond acceptors (Lipinski definition) is 3. The number of rotatable bonds is 5. The van der Waals surface area contributed by atoms with Gasteiger partial charge in [0.05, 0.1) is 0 Å². The Bertz CT molecular complexity index is 408. The van der Waals surface area contributed by atoms with Crippen molar-refractivity contribution < 1.29 is 19.4 Å². The lowest BCUT2D eigenvalue weighted by Crippen LogP contribution is -2.09. The lowest BCUT2D eigenvalue weighted by atomic mass is 10.2. The van der Waals surface area contributed by atoms with E-state index in [9.17, 15) is 9.59 Å². The highest BCUT2D eigenvalue weighted by atomic mass is 16.5. The molecule has 0 bridgehead atoms. The summed E-state index contributed by atoms with van der Waals surface area (Å²) in [6.45, 7) is -0.379. The Labute approximate surface area is 92.1 Å². The van der Waals surface area contributed by atoms with Crippen LogP contribution in [0.3, 0.4) is 0 Å². The number of aliphatic carboxylic acids is 1. The van der Waals surface area contributed by atoms with E-state index in [-0.39, 0.29) is 6.61 Å². The molecular formula is C11H11NO4. The molecule has 1 amide bonds. The van der Waals surface area contributed by atoms with Crippen LogP contribution < -0.4 is 10.5 Å². The quantitative estimate of drug-likeness (QED) is 0.714. The van der Waals surface area contributed by atoms with Gasteiger partial charge in [-0.2, -0.15) is 0 Å². The number of primary amides is 1. The van der Waals surface area contributed by atoms with Gasteiger partial charge in [0, 0.05) is 6.08 Å². The van der Waals surface area contributed by atoms with Gasteiger partial charge in [0.15, 0.2) is 6.61 Å². The molecule has 1 aromatic carbocycles. The third kappa shape index (κ3) is 4.28. The minimum absolute atomic E-state index is 0.379. The van der Waals surface area contributed by atoms with Crippen molar-refractivity contribution in [2.24, 2.45) is 5.73 Å². The van der Waals surface area contributed by atoms with E-state index >= 15 is 0 Å². The van der Waals surface area contributed by atoms with Crippen LogP contribution in [0.5, 0.6) is 5.75 Å². The summed E-state index contributed by atoms with van der Waals surface area (Å²) < 4.78 is 4.93. The van der Waals surface area contributed by atoms with Crippen molar-refractivity contribution in [3.05, 3.63) is 35.9 Å². The molecule has 0 atom stereocenters. The van der Waals surface area contributed by atoms with Gasteiger partial charge in [-0.3, -0.25) is 4.79 Å². The predicted molar refractivity (Wildman–Crippen MR) is 57.8 cm³/mol. The highest BCUT2D eigenvalue weighted by Crippen LogP contribution is 2.12. The molecule has 0 aliphatic carbocycles. The number of carbonyl (C=O) groups excluding carboxylic acids is 1. The number of carboxylic acids is 1. The lowest BCUT2D eigenvalue weighted by Gasteiger charge is -2.02. The number of nitrogens with two attached hydrogens (primary N) is 1. The van der Waals surface area contributed by atoms with Gasteiger partial charge in [-0.15, -0.1) is 0 Å². The molecule has 1 aromatic rings. The second-order valence-electron chi connectivity index (χ2n) is 2.99. The summed E-state index contributed by atoms with van der Waals surface area (Å²) >= 11 is 0. The number of amides is 1. The summed E-state index contributed by atoms with van der Waals surface area (Å²) in [6, 6.07) is 6.61. The van der Waals surface area contributed by atoms with Gasteiger partial charge in [-0.25, -0.2) is 4.79 Å². The van der Waals surface area contributed by atoms with Crippen LogP contribution in [0.2, 0.25) is 0 Å². The highest BCUT2D eigenvalue weighted by Gasteiger charge is 1.98. The molecule has 5 nitrogen and oxygen atoms in total. The van der Waals surface area contributed by atoms with Gasteiger partial charge in [-0.05, 0) is 23.8 Å². The summed E-state index contributed by atoms with van der Waals surface area (Å²) in [4.78, 5) is 20.7. The predicted octanol–water partition coefficient (Wildman–Crippen LogP) is 0.648. The average Bonchev–Trinajstić information content (AvgIpc) is 2.25. The maximum atomic E-state index is 10.5. The Kier molecular flexibility index (Phi) is 4.08. The Morgan fingerprint density at radius 1 is 1.31 bits per heavy atom. The fraction of sp³-hybridized carbons (Fsp3) is 0.0909. The molecular weight excluding hydrogens is 210 g/mol. The lowest BCUT2D eigenvalue weighted by molar-refractivity contribution is -0.139. The van der Waals surface area contributed by atoms with Gasteiger partial charge < -0.3 is 15.6 Å². The Morgan fingerprint density at radius 3 is 2.44 bits per heavy atom. The van der Waals surface area contributed by atoms with Crippen LogP contribution in [0.1, 0.15) is 5.56 Å². The van der Waals surface area contributed by atoms with Crippen molar-refractivity contribution >= 4 is 18.0 Å². The van der Waals surface area contributed by atoms with Crippen LogP contribution >= 0.6 is 0 Å². The summed E-state index contributed by atoms with van der Waals surface area (Å²) in [5.74, 6) is -1.09. The fourth-order valence-electron chi connectivity index (χ4n) is 0.999. The van der Waals surface area contributed by atoms with E-state index in [0.29, 0.717) is 5.75 Å². The Balaban J connectivity index is 2.60. The number of hydrogen-bond donors (Lipinski definition) is 2. The van der Waals surface area contributed by atoms with Gasteiger partial charge >= 0.3 is 5.97 Å². The zero-order valence-corrected chi connectivity index (χ0v) is 8.42. The molecule has 1 rings (SSSR count). The summed E-state index contributed by atoms with van der Waals surface area (Å²) in [6.07, 6.45) is 2.80. The largest absolute Gasteiger partial charge is 0.482 e. The molecule has 0 fully saturated rings. The number of ether oxygens (including phenoxy) is 1. The minimum Gasteiger partial charge on any atom is -0.482 e. The number of carbonyl (C=O) groups is 2. The van der Waals surface area contributed by atoms with Crippen LogP contribution in [0, 0.1) is 0 Å². The van der Waals surface area contributed by atoms with Gasteiger partial charge in [0.2, 0.25) is 5.91 Å². The van der Waals surface area contributed by atoms with Crippen LogP contribution in [0.25, 0.3) is 6.08 Å². The van der Waals surface area contributed by atoms with Crippen molar-refractivity contribution in [1.29, 1.82) is 0 Å². The second kappa shape index (κ2) is 5.55. The van der Waals surface area contributed by atoms with E-state index in [1.165, 1.54) is 6.08 Å². The van der Waals surface area contributed by atoms with Crippen molar-refractivity contribution in [1.82, 2.24) is 0 Å². The second-order valence-corrected chi connectivity index (χ2v) is 2.99. The SMILES string of the molecule is NC(=O)C=Cc1ccc(OCC(=O)O)cc1. The first kappa shape index (κ1) is 11.8. The molecule has 0 radical (unpaired) electrons. The molecule has 0 spiro atoms. The summed E-state index contributed by atoms with van der Waals surface area (Å²) in [7, 11) is 0. The maximum absolute atomic E-state index is 10.5. The van der Waals surface area contributed by atoms with E-state index in [4.69, 9.17) is 15.6 Å². The normalized spacial score (nSPS) is 10.2. The van der Waals surface area contributed by atoms with Crippen LogP contribution in [0.4, 0.5) is 0 Å². The third-order valence-electron chi connectivity index (χ3n) is 1.68. The van der Waals surface area contributed by atoms with E-state index in [1.54, 1.807) is 30.3 Å². The molecule has 0 saturated carbocycles. The van der Waals surface area contributed by atoms with Gasteiger partial charge in [0.1, 0.15) is 5.75 Å². The summed E-state index contributed by atoms with van der Waals surface area (Å²) in [5, 5.41) is 8.39. The smallest absolute Gasteiger partial charge is 0.341 e. The van der Waals surface area contributed by atoms with Crippen molar-refractivity contribution in [3.63, 3.8) is 0 Å². The first-order chi connectivity index (χ1) is 7.58. The zero-order chi connectivity index (χ0) is 12.0. The fourth-order valence-corrected chi connectivity index (χ4v) is 0.999.